The van der Waals surface area contributed by atoms with E-state index in [0.29, 0.717) is 12.5 Å². The van der Waals surface area contributed by atoms with E-state index in [1.165, 1.54) is 0 Å². The lowest BCUT2D eigenvalue weighted by molar-refractivity contribution is 0.409. The van der Waals surface area contributed by atoms with Gasteiger partial charge in [-0.15, -0.1) is 24.0 Å². The molecule has 0 unspecified atom stereocenters. The topological polar surface area (TPSA) is 45.7 Å². The average molecular weight is 447 g/mol. The summed E-state index contributed by atoms with van der Waals surface area (Å²) in [5.74, 6) is 0.324. The predicted molar refractivity (Wildman–Crippen MR) is 102 cm³/mol. The molecule has 0 aromatic heterocycles. The van der Waals surface area contributed by atoms with Crippen molar-refractivity contribution in [1.29, 1.82) is 0 Å². The fourth-order valence-corrected chi connectivity index (χ4v) is 2.11. The number of nitrogens with zero attached hydrogens (tertiary/aromatic N) is 1. The Bertz CT molecular complexity index is 695. The van der Waals surface area contributed by atoms with Crippen molar-refractivity contribution < 1.29 is 13.5 Å². The van der Waals surface area contributed by atoms with Crippen molar-refractivity contribution in [2.75, 3.05) is 14.2 Å². The molecule has 0 spiro atoms. The molecule has 0 aliphatic rings. The van der Waals surface area contributed by atoms with Crippen LogP contribution in [0, 0.1) is 11.6 Å². The lowest BCUT2D eigenvalue weighted by Crippen LogP contribution is -2.36. The first-order valence-electron chi connectivity index (χ1n) is 7.14. The third-order valence-electron chi connectivity index (χ3n) is 3.32. The summed E-state index contributed by atoms with van der Waals surface area (Å²) in [5.41, 5.74) is 1.21. The zero-order chi connectivity index (χ0) is 16.7. The predicted octanol–water partition coefficient (Wildman–Crippen LogP) is 3.46. The number of halogens is 3. The van der Waals surface area contributed by atoms with Crippen LogP contribution >= 0.6 is 24.0 Å². The Morgan fingerprint density at radius 3 is 2.38 bits per heavy atom. The maximum atomic E-state index is 13.6. The molecule has 2 aromatic carbocycles. The summed E-state index contributed by atoms with van der Waals surface area (Å²) >= 11 is 0. The highest BCUT2D eigenvalue weighted by Crippen LogP contribution is 2.16. The monoisotopic (exact) mass is 447 g/mol. The maximum absolute atomic E-state index is 13.6. The summed E-state index contributed by atoms with van der Waals surface area (Å²) in [5, 5.41) is 6.06. The first-order valence-corrected chi connectivity index (χ1v) is 7.14. The third kappa shape index (κ3) is 5.63. The highest BCUT2D eigenvalue weighted by Gasteiger charge is 2.06. The second-order valence-electron chi connectivity index (χ2n) is 4.83. The summed E-state index contributed by atoms with van der Waals surface area (Å²) < 4.78 is 32.0. The molecule has 2 rings (SSSR count). The number of hydrogen-bond acceptors (Lipinski definition) is 2. The average Bonchev–Trinajstić information content (AvgIpc) is 2.58. The third-order valence-corrected chi connectivity index (χ3v) is 3.32. The van der Waals surface area contributed by atoms with Crippen LogP contribution in [0.15, 0.2) is 47.5 Å². The van der Waals surface area contributed by atoms with E-state index in [-0.39, 0.29) is 36.1 Å². The fourth-order valence-electron chi connectivity index (χ4n) is 2.11. The van der Waals surface area contributed by atoms with Gasteiger partial charge in [0.2, 0.25) is 0 Å². The molecule has 2 aromatic rings. The van der Waals surface area contributed by atoms with Gasteiger partial charge in [-0.2, -0.15) is 0 Å². The molecule has 0 atom stereocenters. The van der Waals surface area contributed by atoms with Gasteiger partial charge in [0.15, 0.2) is 5.96 Å². The maximum Gasteiger partial charge on any atom is 0.191 e. The zero-order valence-corrected chi connectivity index (χ0v) is 15.8. The number of aliphatic imine (C=N–C) groups is 1. The standard InChI is InChI=1S/C17H19F2N3O.HI/c1-20-17(21-10-12-5-3-4-6-16(12)23-2)22-11-13-9-14(18)7-8-15(13)19;/h3-9H,10-11H2,1-2H3,(H2,20,21,22);1H. The highest BCUT2D eigenvalue weighted by molar-refractivity contribution is 14.0. The van der Waals surface area contributed by atoms with Crippen LogP contribution < -0.4 is 15.4 Å². The Morgan fingerprint density at radius 1 is 1.04 bits per heavy atom. The van der Waals surface area contributed by atoms with Crippen molar-refractivity contribution >= 4 is 29.9 Å². The van der Waals surface area contributed by atoms with E-state index in [9.17, 15) is 8.78 Å². The summed E-state index contributed by atoms with van der Waals surface area (Å²) in [6.07, 6.45) is 0. The van der Waals surface area contributed by atoms with E-state index in [1.807, 2.05) is 24.3 Å². The van der Waals surface area contributed by atoms with Crippen LogP contribution in [-0.4, -0.2) is 20.1 Å². The Morgan fingerprint density at radius 2 is 1.71 bits per heavy atom. The zero-order valence-electron chi connectivity index (χ0n) is 13.5. The molecule has 0 amide bonds. The van der Waals surface area contributed by atoms with Crippen molar-refractivity contribution in [3.05, 3.63) is 65.2 Å². The van der Waals surface area contributed by atoms with Crippen molar-refractivity contribution in [2.24, 2.45) is 4.99 Å². The lowest BCUT2D eigenvalue weighted by Gasteiger charge is -2.14. The lowest BCUT2D eigenvalue weighted by atomic mass is 10.2. The molecule has 0 bridgehead atoms. The van der Waals surface area contributed by atoms with E-state index in [2.05, 4.69) is 15.6 Å². The smallest absolute Gasteiger partial charge is 0.191 e. The first-order chi connectivity index (χ1) is 11.1. The molecule has 2 N–H and O–H groups in total. The largest absolute Gasteiger partial charge is 0.496 e. The minimum Gasteiger partial charge on any atom is -0.496 e. The summed E-state index contributed by atoms with van der Waals surface area (Å²) in [6.45, 7) is 0.629. The molecular weight excluding hydrogens is 427 g/mol. The first kappa shape index (κ1) is 20.1. The van der Waals surface area contributed by atoms with Gasteiger partial charge in [-0.25, -0.2) is 8.78 Å². The summed E-state index contributed by atoms with van der Waals surface area (Å²) in [6, 6.07) is 11.0. The quantitative estimate of drug-likeness (QED) is 0.420. The Kier molecular flexibility index (Phi) is 8.45. The molecule has 0 saturated heterocycles. The Hall–Kier alpha value is -1.90. The summed E-state index contributed by atoms with van der Waals surface area (Å²) in [4.78, 5) is 4.06. The van der Waals surface area contributed by atoms with Gasteiger partial charge in [0.25, 0.3) is 0 Å². The van der Waals surface area contributed by atoms with Gasteiger partial charge in [0.1, 0.15) is 17.4 Å². The molecule has 0 fully saturated rings. The van der Waals surface area contributed by atoms with Crippen molar-refractivity contribution in [3.8, 4) is 5.75 Å². The van der Waals surface area contributed by atoms with Crippen LogP contribution in [0.3, 0.4) is 0 Å². The number of hydrogen-bond donors (Lipinski definition) is 2. The van der Waals surface area contributed by atoms with Gasteiger partial charge in [0, 0.05) is 31.3 Å². The molecule has 0 saturated carbocycles. The van der Waals surface area contributed by atoms with Gasteiger partial charge < -0.3 is 15.4 Å². The second kappa shape index (κ2) is 10.1. The van der Waals surface area contributed by atoms with Gasteiger partial charge in [-0.05, 0) is 24.3 Å². The fraction of sp³-hybridized carbons (Fsp3) is 0.235. The molecule has 7 heteroatoms. The number of guanidine groups is 1. The van der Waals surface area contributed by atoms with Crippen molar-refractivity contribution in [3.63, 3.8) is 0 Å². The van der Waals surface area contributed by atoms with E-state index < -0.39 is 11.6 Å². The molecular formula is C17H20F2IN3O. The summed E-state index contributed by atoms with van der Waals surface area (Å²) in [7, 11) is 3.22. The number of ether oxygens (including phenoxy) is 1. The molecule has 4 nitrogen and oxygen atoms in total. The minimum absolute atomic E-state index is 0. The second-order valence-corrected chi connectivity index (χ2v) is 4.83. The van der Waals surface area contributed by atoms with Crippen molar-refractivity contribution in [1.82, 2.24) is 10.6 Å². The minimum atomic E-state index is -0.472. The van der Waals surface area contributed by atoms with E-state index in [1.54, 1.807) is 14.2 Å². The van der Waals surface area contributed by atoms with Gasteiger partial charge in [0.05, 0.1) is 7.11 Å². The highest BCUT2D eigenvalue weighted by atomic mass is 127. The Labute approximate surface area is 157 Å². The van der Waals surface area contributed by atoms with Crippen LogP contribution in [0.1, 0.15) is 11.1 Å². The van der Waals surface area contributed by atoms with Crippen LogP contribution in [0.5, 0.6) is 5.75 Å². The van der Waals surface area contributed by atoms with Gasteiger partial charge in [-0.3, -0.25) is 4.99 Å². The van der Waals surface area contributed by atoms with Gasteiger partial charge >= 0.3 is 0 Å². The van der Waals surface area contributed by atoms with E-state index in [0.717, 1.165) is 29.5 Å². The number of benzene rings is 2. The van der Waals surface area contributed by atoms with Crippen LogP contribution in [0.4, 0.5) is 8.78 Å². The number of methoxy groups -OCH3 is 1. The van der Waals surface area contributed by atoms with Crippen molar-refractivity contribution in [2.45, 2.75) is 13.1 Å². The molecule has 24 heavy (non-hydrogen) atoms. The van der Waals surface area contributed by atoms with Crippen LogP contribution in [0.2, 0.25) is 0 Å². The van der Waals surface area contributed by atoms with Gasteiger partial charge in [-0.1, -0.05) is 18.2 Å². The molecule has 0 aliphatic carbocycles. The number of nitrogens with one attached hydrogen (secondary N) is 2. The number of rotatable bonds is 5. The molecule has 0 radical (unpaired) electrons. The van der Waals surface area contributed by atoms with Crippen LogP contribution in [0.25, 0.3) is 0 Å². The normalized spacial score (nSPS) is 10.8. The van der Waals surface area contributed by atoms with Crippen LogP contribution in [-0.2, 0) is 13.1 Å². The van der Waals surface area contributed by atoms with E-state index in [4.69, 9.17) is 4.74 Å². The molecule has 0 heterocycles. The SMILES string of the molecule is CN=C(NCc1cc(F)ccc1F)NCc1ccccc1OC.I. The Balaban J connectivity index is 0.00000288. The van der Waals surface area contributed by atoms with E-state index >= 15 is 0 Å². The molecule has 130 valence electrons. The number of para-hydroxylation sites is 1. The molecule has 0 aliphatic heterocycles.